The number of carbonyl (C=O) groups excluding carboxylic acids is 1. The molecule has 0 aliphatic rings. The standard InChI is InChI=1S/C13H17NO3/c1-8-4-5-11(9(2)6-8)12(15)14-7-10(3)13(16)17/h4-6,10H,7H2,1-3H3,(H,14,15)(H,16,17). The number of aliphatic carboxylic acids is 1. The fraction of sp³-hybridized carbons (Fsp3) is 0.385. The molecule has 0 spiro atoms. The van der Waals surface area contributed by atoms with E-state index in [4.69, 9.17) is 5.11 Å². The molecular weight excluding hydrogens is 218 g/mol. The Morgan fingerprint density at radius 3 is 2.53 bits per heavy atom. The van der Waals surface area contributed by atoms with Crippen molar-refractivity contribution >= 4 is 11.9 Å². The summed E-state index contributed by atoms with van der Waals surface area (Å²) < 4.78 is 0. The van der Waals surface area contributed by atoms with E-state index in [1.165, 1.54) is 0 Å². The van der Waals surface area contributed by atoms with Gasteiger partial charge in [0.2, 0.25) is 0 Å². The van der Waals surface area contributed by atoms with E-state index >= 15 is 0 Å². The first-order valence-electron chi connectivity index (χ1n) is 5.50. The maximum absolute atomic E-state index is 11.8. The second-order valence-corrected chi connectivity index (χ2v) is 4.27. The lowest BCUT2D eigenvalue weighted by molar-refractivity contribution is -0.140. The van der Waals surface area contributed by atoms with E-state index in [-0.39, 0.29) is 12.5 Å². The van der Waals surface area contributed by atoms with Gasteiger partial charge in [-0.05, 0) is 25.5 Å². The minimum absolute atomic E-state index is 0.140. The number of rotatable bonds is 4. The molecule has 2 N–H and O–H groups in total. The summed E-state index contributed by atoms with van der Waals surface area (Å²) in [5.41, 5.74) is 2.58. The van der Waals surface area contributed by atoms with Gasteiger partial charge in [0.1, 0.15) is 0 Å². The first-order chi connectivity index (χ1) is 7.91. The highest BCUT2D eigenvalue weighted by Crippen LogP contribution is 2.10. The fourth-order valence-electron chi connectivity index (χ4n) is 1.50. The average Bonchev–Trinajstić information content (AvgIpc) is 2.25. The van der Waals surface area contributed by atoms with Gasteiger partial charge in [-0.2, -0.15) is 0 Å². The number of hydrogen-bond acceptors (Lipinski definition) is 2. The summed E-state index contributed by atoms with van der Waals surface area (Å²) in [6.45, 7) is 5.52. The number of carbonyl (C=O) groups is 2. The molecule has 0 aliphatic heterocycles. The van der Waals surface area contributed by atoms with Gasteiger partial charge in [0.25, 0.3) is 5.91 Å². The third kappa shape index (κ3) is 3.59. The van der Waals surface area contributed by atoms with Crippen molar-refractivity contribution in [1.82, 2.24) is 5.32 Å². The lowest BCUT2D eigenvalue weighted by atomic mass is 10.0. The molecule has 0 bridgehead atoms. The average molecular weight is 235 g/mol. The van der Waals surface area contributed by atoms with Gasteiger partial charge in [-0.3, -0.25) is 9.59 Å². The van der Waals surface area contributed by atoms with Crippen LogP contribution in [0.25, 0.3) is 0 Å². The van der Waals surface area contributed by atoms with Crippen LogP contribution in [0.1, 0.15) is 28.4 Å². The molecule has 0 saturated carbocycles. The van der Waals surface area contributed by atoms with E-state index in [1.807, 2.05) is 26.0 Å². The zero-order valence-corrected chi connectivity index (χ0v) is 10.3. The molecule has 1 aromatic rings. The number of hydrogen-bond donors (Lipinski definition) is 2. The van der Waals surface area contributed by atoms with Crippen molar-refractivity contribution in [3.63, 3.8) is 0 Å². The maximum atomic E-state index is 11.8. The molecule has 92 valence electrons. The minimum atomic E-state index is -0.911. The van der Waals surface area contributed by atoms with Crippen molar-refractivity contribution in [1.29, 1.82) is 0 Å². The first-order valence-corrected chi connectivity index (χ1v) is 5.50. The molecule has 1 rings (SSSR count). The Kier molecular flexibility index (Phi) is 4.26. The van der Waals surface area contributed by atoms with Gasteiger partial charge in [0.15, 0.2) is 0 Å². The molecule has 0 saturated heterocycles. The predicted molar refractivity (Wildman–Crippen MR) is 65.0 cm³/mol. The van der Waals surface area contributed by atoms with Gasteiger partial charge in [-0.25, -0.2) is 0 Å². The van der Waals surface area contributed by atoms with Crippen LogP contribution in [0.15, 0.2) is 18.2 Å². The van der Waals surface area contributed by atoms with Gasteiger partial charge in [-0.15, -0.1) is 0 Å². The molecule has 4 nitrogen and oxygen atoms in total. The Labute approximate surface area is 101 Å². The molecule has 0 heterocycles. The molecular formula is C13H17NO3. The molecule has 1 amide bonds. The van der Waals surface area contributed by atoms with Crippen molar-refractivity contribution in [2.75, 3.05) is 6.54 Å². The highest BCUT2D eigenvalue weighted by Gasteiger charge is 2.14. The Bertz CT molecular complexity index is 440. The number of carboxylic acid groups (broad SMARTS) is 1. The lowest BCUT2D eigenvalue weighted by Gasteiger charge is -2.10. The van der Waals surface area contributed by atoms with Gasteiger partial charge >= 0.3 is 5.97 Å². The topological polar surface area (TPSA) is 66.4 Å². The molecule has 0 fully saturated rings. The normalized spacial score (nSPS) is 11.9. The quantitative estimate of drug-likeness (QED) is 0.835. The van der Waals surface area contributed by atoms with Crippen LogP contribution in [-0.4, -0.2) is 23.5 Å². The van der Waals surface area contributed by atoms with E-state index in [2.05, 4.69) is 5.32 Å². The van der Waals surface area contributed by atoms with Gasteiger partial charge < -0.3 is 10.4 Å². The fourth-order valence-corrected chi connectivity index (χ4v) is 1.50. The molecule has 0 aromatic heterocycles. The molecule has 0 radical (unpaired) electrons. The zero-order valence-electron chi connectivity index (χ0n) is 10.3. The molecule has 1 aromatic carbocycles. The van der Waals surface area contributed by atoms with E-state index in [0.29, 0.717) is 5.56 Å². The second kappa shape index (κ2) is 5.48. The number of amides is 1. The maximum Gasteiger partial charge on any atom is 0.308 e. The van der Waals surface area contributed by atoms with Crippen LogP contribution < -0.4 is 5.32 Å². The van der Waals surface area contributed by atoms with E-state index in [0.717, 1.165) is 11.1 Å². The smallest absolute Gasteiger partial charge is 0.308 e. The molecule has 1 unspecified atom stereocenters. The van der Waals surface area contributed by atoms with Crippen molar-refractivity contribution in [3.05, 3.63) is 34.9 Å². The number of carboxylic acids is 1. The Hall–Kier alpha value is -1.84. The van der Waals surface area contributed by atoms with Gasteiger partial charge in [-0.1, -0.05) is 24.6 Å². The first kappa shape index (κ1) is 13.2. The summed E-state index contributed by atoms with van der Waals surface area (Å²) >= 11 is 0. The summed E-state index contributed by atoms with van der Waals surface area (Å²) in [6.07, 6.45) is 0. The van der Waals surface area contributed by atoms with Crippen LogP contribution in [0.5, 0.6) is 0 Å². The van der Waals surface area contributed by atoms with Crippen molar-refractivity contribution in [2.45, 2.75) is 20.8 Å². The Morgan fingerprint density at radius 1 is 1.35 bits per heavy atom. The SMILES string of the molecule is Cc1ccc(C(=O)NCC(C)C(=O)O)c(C)c1. The largest absolute Gasteiger partial charge is 0.481 e. The van der Waals surface area contributed by atoms with Gasteiger partial charge in [0.05, 0.1) is 5.92 Å². The highest BCUT2D eigenvalue weighted by molar-refractivity contribution is 5.95. The molecule has 1 atom stereocenters. The number of benzene rings is 1. The van der Waals surface area contributed by atoms with Crippen LogP contribution in [-0.2, 0) is 4.79 Å². The number of aryl methyl sites for hydroxylation is 2. The summed E-state index contributed by atoms with van der Waals surface area (Å²) in [5, 5.41) is 11.3. The summed E-state index contributed by atoms with van der Waals surface area (Å²) in [4.78, 5) is 22.4. The minimum Gasteiger partial charge on any atom is -0.481 e. The monoisotopic (exact) mass is 235 g/mol. The third-order valence-electron chi connectivity index (χ3n) is 2.62. The number of nitrogens with one attached hydrogen (secondary N) is 1. The van der Waals surface area contributed by atoms with Gasteiger partial charge in [0, 0.05) is 12.1 Å². The van der Waals surface area contributed by atoms with E-state index in [9.17, 15) is 9.59 Å². The van der Waals surface area contributed by atoms with Crippen LogP contribution in [0.2, 0.25) is 0 Å². The second-order valence-electron chi connectivity index (χ2n) is 4.27. The van der Waals surface area contributed by atoms with Crippen molar-refractivity contribution in [2.24, 2.45) is 5.92 Å². The summed E-state index contributed by atoms with van der Waals surface area (Å²) in [5.74, 6) is -1.72. The van der Waals surface area contributed by atoms with Crippen LogP contribution in [0.3, 0.4) is 0 Å². The third-order valence-corrected chi connectivity index (χ3v) is 2.62. The summed E-state index contributed by atoms with van der Waals surface area (Å²) in [6, 6.07) is 5.55. The lowest BCUT2D eigenvalue weighted by Crippen LogP contribution is -2.31. The Balaban J connectivity index is 2.67. The van der Waals surface area contributed by atoms with E-state index in [1.54, 1.807) is 13.0 Å². The molecule has 4 heteroatoms. The zero-order chi connectivity index (χ0) is 13.0. The summed E-state index contributed by atoms with van der Waals surface area (Å²) in [7, 11) is 0. The van der Waals surface area contributed by atoms with Crippen LogP contribution in [0, 0.1) is 19.8 Å². The van der Waals surface area contributed by atoms with Crippen molar-refractivity contribution in [3.8, 4) is 0 Å². The molecule has 17 heavy (non-hydrogen) atoms. The molecule has 0 aliphatic carbocycles. The van der Waals surface area contributed by atoms with Crippen LogP contribution in [0.4, 0.5) is 0 Å². The Morgan fingerprint density at radius 2 is 2.00 bits per heavy atom. The highest BCUT2D eigenvalue weighted by atomic mass is 16.4. The van der Waals surface area contributed by atoms with Crippen molar-refractivity contribution < 1.29 is 14.7 Å². The van der Waals surface area contributed by atoms with E-state index < -0.39 is 11.9 Å². The van der Waals surface area contributed by atoms with Crippen LogP contribution >= 0.6 is 0 Å². The predicted octanol–water partition coefficient (Wildman–Crippen LogP) is 1.75.